The van der Waals surface area contributed by atoms with Crippen LogP contribution in [0.15, 0.2) is 11.4 Å². The minimum absolute atomic E-state index is 0.0571. The molecule has 1 rings (SSSR count). The molecule has 0 aliphatic rings. The van der Waals surface area contributed by atoms with Crippen LogP contribution in [-0.4, -0.2) is 12.3 Å². The summed E-state index contributed by atoms with van der Waals surface area (Å²) in [6, 6.07) is 1.87. The Morgan fingerprint density at radius 1 is 1.75 bits per heavy atom. The molecule has 0 aliphatic carbocycles. The first-order valence-electron chi connectivity index (χ1n) is 3.95. The molecule has 1 atom stereocenters. The van der Waals surface area contributed by atoms with E-state index < -0.39 is 0 Å². The molecule has 3 heteroatoms. The molecular weight excluding hydrogens is 170 g/mol. The predicted molar refractivity (Wildman–Crippen MR) is 51.6 cm³/mol. The largest absolute Gasteiger partial charge is 0.330 e. The molecule has 12 heavy (non-hydrogen) atoms. The molecule has 2 nitrogen and oxygen atoms in total. The minimum Gasteiger partial charge on any atom is -0.330 e. The zero-order valence-electron chi connectivity index (χ0n) is 7.33. The Bertz CT molecular complexity index is 280. The molecule has 0 fully saturated rings. The molecule has 0 aliphatic heterocycles. The zero-order valence-corrected chi connectivity index (χ0v) is 8.15. The van der Waals surface area contributed by atoms with Crippen molar-refractivity contribution in [3.05, 3.63) is 21.9 Å². The summed E-state index contributed by atoms with van der Waals surface area (Å²) in [4.78, 5) is 12.7. The van der Waals surface area contributed by atoms with Crippen molar-refractivity contribution in [2.75, 3.05) is 6.54 Å². The normalized spacial score (nSPS) is 12.9. The van der Waals surface area contributed by atoms with E-state index in [2.05, 4.69) is 0 Å². The number of aryl methyl sites for hydroxylation is 1. The topological polar surface area (TPSA) is 43.1 Å². The second kappa shape index (κ2) is 3.83. The Labute approximate surface area is 76.4 Å². The molecule has 2 N–H and O–H groups in total. The highest BCUT2D eigenvalue weighted by Gasteiger charge is 2.15. The number of Topliss-reactive ketones (excluding diaryl/α,β-unsaturated/α-hetero) is 1. The highest BCUT2D eigenvalue weighted by atomic mass is 32.1. The van der Waals surface area contributed by atoms with Crippen molar-refractivity contribution in [1.82, 2.24) is 0 Å². The number of rotatable bonds is 3. The number of hydrogen-bond donors (Lipinski definition) is 1. The molecule has 1 heterocycles. The lowest BCUT2D eigenvalue weighted by Crippen LogP contribution is -2.20. The fraction of sp³-hybridized carbons (Fsp3) is 0.444. The van der Waals surface area contributed by atoms with E-state index in [4.69, 9.17) is 5.73 Å². The van der Waals surface area contributed by atoms with Gasteiger partial charge in [-0.2, -0.15) is 0 Å². The van der Waals surface area contributed by atoms with Gasteiger partial charge in [-0.1, -0.05) is 6.92 Å². The molecule has 1 aromatic rings. The van der Waals surface area contributed by atoms with Crippen LogP contribution in [0.5, 0.6) is 0 Å². The van der Waals surface area contributed by atoms with E-state index in [1.54, 1.807) is 11.3 Å². The van der Waals surface area contributed by atoms with Crippen molar-refractivity contribution >= 4 is 17.1 Å². The van der Waals surface area contributed by atoms with Crippen LogP contribution in [0.1, 0.15) is 22.2 Å². The maximum atomic E-state index is 11.6. The minimum atomic E-state index is -0.0571. The van der Waals surface area contributed by atoms with Crippen molar-refractivity contribution in [2.45, 2.75) is 13.8 Å². The van der Waals surface area contributed by atoms with E-state index in [-0.39, 0.29) is 11.7 Å². The SMILES string of the molecule is Cc1sccc1C(=O)C(C)CN. The van der Waals surface area contributed by atoms with Gasteiger partial charge in [-0.15, -0.1) is 11.3 Å². The van der Waals surface area contributed by atoms with Gasteiger partial charge in [0.1, 0.15) is 0 Å². The Morgan fingerprint density at radius 3 is 2.83 bits per heavy atom. The van der Waals surface area contributed by atoms with Gasteiger partial charge in [-0.25, -0.2) is 0 Å². The summed E-state index contributed by atoms with van der Waals surface area (Å²) in [6.07, 6.45) is 0. The molecule has 0 amide bonds. The number of carbonyl (C=O) groups is 1. The maximum absolute atomic E-state index is 11.6. The monoisotopic (exact) mass is 183 g/mol. The van der Waals surface area contributed by atoms with Gasteiger partial charge < -0.3 is 5.73 Å². The van der Waals surface area contributed by atoms with Crippen molar-refractivity contribution < 1.29 is 4.79 Å². The number of hydrogen-bond acceptors (Lipinski definition) is 3. The number of carbonyl (C=O) groups excluding carboxylic acids is 1. The zero-order chi connectivity index (χ0) is 9.14. The van der Waals surface area contributed by atoms with Gasteiger partial charge in [0.25, 0.3) is 0 Å². The summed E-state index contributed by atoms with van der Waals surface area (Å²) >= 11 is 1.60. The summed E-state index contributed by atoms with van der Waals surface area (Å²) < 4.78 is 0. The van der Waals surface area contributed by atoms with Gasteiger partial charge in [-0.05, 0) is 18.4 Å². The molecule has 66 valence electrons. The molecule has 0 radical (unpaired) electrons. The third-order valence-corrected chi connectivity index (χ3v) is 2.77. The van der Waals surface area contributed by atoms with Crippen LogP contribution in [0.2, 0.25) is 0 Å². The van der Waals surface area contributed by atoms with E-state index in [9.17, 15) is 4.79 Å². The summed E-state index contributed by atoms with van der Waals surface area (Å²) in [5, 5.41) is 1.94. The first-order chi connectivity index (χ1) is 5.66. The average molecular weight is 183 g/mol. The van der Waals surface area contributed by atoms with E-state index in [1.165, 1.54) is 0 Å². The van der Waals surface area contributed by atoms with E-state index in [1.807, 2.05) is 25.3 Å². The third-order valence-electron chi connectivity index (χ3n) is 1.93. The first kappa shape index (κ1) is 9.42. The van der Waals surface area contributed by atoms with Gasteiger partial charge in [0.2, 0.25) is 0 Å². The summed E-state index contributed by atoms with van der Waals surface area (Å²) in [6.45, 7) is 4.24. The van der Waals surface area contributed by atoms with Crippen LogP contribution in [-0.2, 0) is 0 Å². The predicted octanol–water partition coefficient (Wildman–Crippen LogP) is 1.83. The lowest BCUT2D eigenvalue weighted by Gasteiger charge is -2.05. The summed E-state index contributed by atoms with van der Waals surface area (Å²) in [5.41, 5.74) is 6.24. The van der Waals surface area contributed by atoms with Gasteiger partial charge >= 0.3 is 0 Å². The Morgan fingerprint density at radius 2 is 2.42 bits per heavy atom. The van der Waals surface area contributed by atoms with Crippen LogP contribution in [0.3, 0.4) is 0 Å². The van der Waals surface area contributed by atoms with Crippen LogP contribution < -0.4 is 5.73 Å². The molecule has 1 unspecified atom stereocenters. The Hall–Kier alpha value is -0.670. The quantitative estimate of drug-likeness (QED) is 0.726. The standard InChI is InChI=1S/C9H13NOS/c1-6(5-10)9(11)8-3-4-12-7(8)2/h3-4,6H,5,10H2,1-2H3. The summed E-state index contributed by atoms with van der Waals surface area (Å²) in [7, 11) is 0. The van der Waals surface area contributed by atoms with Gasteiger partial charge in [-0.3, -0.25) is 4.79 Å². The first-order valence-corrected chi connectivity index (χ1v) is 4.83. The van der Waals surface area contributed by atoms with Gasteiger partial charge in [0.15, 0.2) is 5.78 Å². The Balaban J connectivity index is 2.85. The molecule has 0 saturated heterocycles. The lowest BCUT2D eigenvalue weighted by atomic mass is 10.0. The van der Waals surface area contributed by atoms with Crippen molar-refractivity contribution in [2.24, 2.45) is 11.7 Å². The smallest absolute Gasteiger partial charge is 0.168 e. The van der Waals surface area contributed by atoms with Crippen LogP contribution >= 0.6 is 11.3 Å². The maximum Gasteiger partial charge on any atom is 0.168 e. The molecular formula is C9H13NOS. The molecule has 0 saturated carbocycles. The number of nitrogens with two attached hydrogens (primary N) is 1. The highest BCUT2D eigenvalue weighted by molar-refractivity contribution is 7.10. The van der Waals surface area contributed by atoms with Crippen molar-refractivity contribution in [3.8, 4) is 0 Å². The van der Waals surface area contributed by atoms with E-state index in [0.29, 0.717) is 6.54 Å². The van der Waals surface area contributed by atoms with E-state index in [0.717, 1.165) is 10.4 Å². The lowest BCUT2D eigenvalue weighted by molar-refractivity contribution is 0.0934. The number of ketones is 1. The molecule has 0 bridgehead atoms. The van der Waals surface area contributed by atoms with E-state index >= 15 is 0 Å². The van der Waals surface area contributed by atoms with Gasteiger partial charge in [0, 0.05) is 22.9 Å². The van der Waals surface area contributed by atoms with Crippen molar-refractivity contribution in [1.29, 1.82) is 0 Å². The molecule has 1 aromatic heterocycles. The number of thiophene rings is 1. The highest BCUT2D eigenvalue weighted by Crippen LogP contribution is 2.18. The van der Waals surface area contributed by atoms with Crippen LogP contribution in [0.4, 0.5) is 0 Å². The fourth-order valence-electron chi connectivity index (χ4n) is 1.01. The second-order valence-corrected chi connectivity index (χ2v) is 4.01. The Kier molecular flexibility index (Phi) is 3.00. The van der Waals surface area contributed by atoms with Crippen LogP contribution in [0.25, 0.3) is 0 Å². The van der Waals surface area contributed by atoms with Crippen LogP contribution in [0, 0.1) is 12.8 Å². The summed E-state index contributed by atoms with van der Waals surface area (Å²) in [5.74, 6) is 0.106. The third kappa shape index (κ3) is 1.73. The second-order valence-electron chi connectivity index (χ2n) is 2.89. The molecule has 0 spiro atoms. The molecule has 0 aromatic carbocycles. The van der Waals surface area contributed by atoms with Crippen molar-refractivity contribution in [3.63, 3.8) is 0 Å². The fourth-order valence-corrected chi connectivity index (χ4v) is 1.72. The van der Waals surface area contributed by atoms with Gasteiger partial charge in [0.05, 0.1) is 0 Å². The average Bonchev–Trinajstić information content (AvgIpc) is 2.48.